The van der Waals surface area contributed by atoms with Gasteiger partial charge in [0.25, 0.3) is 0 Å². The maximum Gasteiger partial charge on any atom is 0.177 e. The van der Waals surface area contributed by atoms with E-state index in [-0.39, 0.29) is 0 Å². The van der Waals surface area contributed by atoms with Crippen LogP contribution in [-0.4, -0.2) is 27.6 Å². The Morgan fingerprint density at radius 2 is 2.47 bits per heavy atom. The highest BCUT2D eigenvalue weighted by atomic mass is 15.1. The lowest BCUT2D eigenvalue weighted by atomic mass is 10.0. The van der Waals surface area contributed by atoms with E-state index in [4.69, 9.17) is 0 Å². The Morgan fingerprint density at radius 1 is 1.53 bits per heavy atom. The summed E-state index contributed by atoms with van der Waals surface area (Å²) in [5, 5.41) is 3.41. The topological polar surface area (TPSA) is 42.7 Å². The fraction of sp³-hybridized carbons (Fsp3) is 0.538. The van der Waals surface area contributed by atoms with Crippen molar-refractivity contribution in [2.45, 2.75) is 19.3 Å². The summed E-state index contributed by atoms with van der Waals surface area (Å²) in [6.07, 6.45) is 5.39. The molecule has 0 aromatic carbocycles. The minimum Gasteiger partial charge on any atom is -0.330 e. The highest BCUT2D eigenvalue weighted by Gasteiger charge is 2.16. The molecule has 1 unspecified atom stereocenters. The molecular formula is C13H18N4. The van der Waals surface area contributed by atoms with Gasteiger partial charge in [0, 0.05) is 19.7 Å². The first-order chi connectivity index (χ1) is 8.34. The van der Waals surface area contributed by atoms with Crippen LogP contribution in [0.3, 0.4) is 0 Å². The number of fused-ring (bicyclic) bond motifs is 1. The minimum atomic E-state index is 0.822. The first-order valence-corrected chi connectivity index (χ1v) is 6.31. The van der Waals surface area contributed by atoms with Crippen LogP contribution in [0, 0.1) is 5.92 Å². The fourth-order valence-corrected chi connectivity index (χ4v) is 2.59. The van der Waals surface area contributed by atoms with Gasteiger partial charge in [-0.25, -0.2) is 9.97 Å². The molecule has 1 N–H and O–H groups in total. The first-order valence-electron chi connectivity index (χ1n) is 6.31. The van der Waals surface area contributed by atoms with Crippen LogP contribution in [0.1, 0.15) is 18.7 Å². The molecule has 2 aromatic rings. The fourth-order valence-electron chi connectivity index (χ4n) is 2.59. The Bertz CT molecular complexity index is 511. The molecule has 0 aliphatic carbocycles. The third-order valence-electron chi connectivity index (χ3n) is 3.69. The van der Waals surface area contributed by atoms with E-state index in [1.165, 1.54) is 25.9 Å². The highest BCUT2D eigenvalue weighted by molar-refractivity contribution is 5.71. The third kappa shape index (κ3) is 2.05. The molecule has 0 amide bonds. The molecule has 1 fully saturated rings. The average Bonchev–Trinajstić information content (AvgIpc) is 2.96. The Hall–Kier alpha value is -1.42. The summed E-state index contributed by atoms with van der Waals surface area (Å²) in [5.41, 5.74) is 2.00. The van der Waals surface area contributed by atoms with Gasteiger partial charge in [-0.1, -0.05) is 0 Å². The molecule has 1 aliphatic rings. The zero-order valence-corrected chi connectivity index (χ0v) is 10.2. The smallest absolute Gasteiger partial charge is 0.177 e. The molecular weight excluding hydrogens is 212 g/mol. The van der Waals surface area contributed by atoms with Crippen molar-refractivity contribution in [2.24, 2.45) is 13.0 Å². The van der Waals surface area contributed by atoms with Crippen LogP contribution in [-0.2, 0) is 13.5 Å². The Labute approximate surface area is 101 Å². The number of hydrogen-bond donors (Lipinski definition) is 1. The molecule has 1 saturated heterocycles. The second-order valence-corrected chi connectivity index (χ2v) is 4.83. The number of pyridine rings is 1. The van der Waals surface area contributed by atoms with Crippen LogP contribution in [0.2, 0.25) is 0 Å². The molecule has 0 spiro atoms. The van der Waals surface area contributed by atoms with Crippen molar-refractivity contribution in [3.63, 3.8) is 0 Å². The van der Waals surface area contributed by atoms with Crippen LogP contribution in [0.5, 0.6) is 0 Å². The van der Waals surface area contributed by atoms with Crippen molar-refractivity contribution in [1.29, 1.82) is 0 Å². The van der Waals surface area contributed by atoms with Gasteiger partial charge < -0.3 is 9.88 Å². The van der Waals surface area contributed by atoms with Crippen molar-refractivity contribution in [3.05, 3.63) is 24.2 Å². The van der Waals surface area contributed by atoms with Gasteiger partial charge in [-0.05, 0) is 44.0 Å². The summed E-state index contributed by atoms with van der Waals surface area (Å²) in [4.78, 5) is 8.90. The minimum absolute atomic E-state index is 0.822. The first kappa shape index (κ1) is 10.7. The second kappa shape index (κ2) is 4.45. The summed E-state index contributed by atoms with van der Waals surface area (Å²) in [6.45, 7) is 2.34. The van der Waals surface area contributed by atoms with E-state index >= 15 is 0 Å². The van der Waals surface area contributed by atoms with Crippen LogP contribution >= 0.6 is 0 Å². The lowest BCUT2D eigenvalue weighted by molar-refractivity contribution is 0.520. The third-order valence-corrected chi connectivity index (χ3v) is 3.69. The van der Waals surface area contributed by atoms with Gasteiger partial charge >= 0.3 is 0 Å². The molecule has 0 radical (unpaired) electrons. The summed E-state index contributed by atoms with van der Waals surface area (Å²) in [5.74, 6) is 1.98. The monoisotopic (exact) mass is 230 g/mol. The van der Waals surface area contributed by atoms with Crippen LogP contribution in [0.4, 0.5) is 0 Å². The second-order valence-electron chi connectivity index (χ2n) is 4.83. The van der Waals surface area contributed by atoms with E-state index in [9.17, 15) is 0 Å². The van der Waals surface area contributed by atoms with E-state index < -0.39 is 0 Å². The van der Waals surface area contributed by atoms with Crippen LogP contribution < -0.4 is 5.32 Å². The molecule has 4 heteroatoms. The molecule has 1 aliphatic heterocycles. The van der Waals surface area contributed by atoms with E-state index in [0.29, 0.717) is 0 Å². The summed E-state index contributed by atoms with van der Waals surface area (Å²) < 4.78 is 2.17. The lowest BCUT2D eigenvalue weighted by Gasteiger charge is -2.07. The molecule has 0 saturated carbocycles. The number of nitrogens with one attached hydrogen (secondary N) is 1. The average molecular weight is 230 g/mol. The normalized spacial score (nSPS) is 20.2. The molecule has 3 heterocycles. The number of aromatic nitrogens is 3. The van der Waals surface area contributed by atoms with Crippen LogP contribution in [0.15, 0.2) is 18.3 Å². The summed E-state index contributed by atoms with van der Waals surface area (Å²) >= 11 is 0. The number of rotatable bonds is 3. The number of aryl methyl sites for hydroxylation is 2. The number of hydrogen-bond acceptors (Lipinski definition) is 3. The van der Waals surface area contributed by atoms with Gasteiger partial charge in [0.2, 0.25) is 0 Å². The van der Waals surface area contributed by atoms with E-state index in [2.05, 4.69) is 33.0 Å². The van der Waals surface area contributed by atoms with Crippen molar-refractivity contribution in [3.8, 4) is 0 Å². The van der Waals surface area contributed by atoms with Crippen molar-refractivity contribution >= 4 is 11.2 Å². The molecule has 3 rings (SSSR count). The molecule has 1 atom stereocenters. The van der Waals surface area contributed by atoms with E-state index in [1.807, 2.05) is 6.07 Å². The van der Waals surface area contributed by atoms with Gasteiger partial charge in [-0.2, -0.15) is 0 Å². The Morgan fingerprint density at radius 3 is 3.24 bits per heavy atom. The summed E-state index contributed by atoms with van der Waals surface area (Å²) in [6, 6.07) is 4.05. The van der Waals surface area contributed by atoms with Crippen molar-refractivity contribution in [2.75, 3.05) is 13.1 Å². The van der Waals surface area contributed by atoms with Crippen molar-refractivity contribution in [1.82, 2.24) is 19.9 Å². The quantitative estimate of drug-likeness (QED) is 0.869. The Kier molecular flexibility index (Phi) is 2.81. The SMILES string of the molecule is Cn1c(CCC2CCNC2)nc2ncccc21. The van der Waals surface area contributed by atoms with Gasteiger partial charge in [0.05, 0.1) is 5.52 Å². The highest BCUT2D eigenvalue weighted by Crippen LogP contribution is 2.18. The molecule has 2 aromatic heterocycles. The molecule has 90 valence electrons. The van der Waals surface area contributed by atoms with E-state index in [1.54, 1.807) is 6.20 Å². The molecule has 4 nitrogen and oxygen atoms in total. The summed E-state index contributed by atoms with van der Waals surface area (Å²) in [7, 11) is 2.08. The zero-order chi connectivity index (χ0) is 11.7. The van der Waals surface area contributed by atoms with Gasteiger partial charge in [0.1, 0.15) is 5.82 Å². The predicted molar refractivity (Wildman–Crippen MR) is 67.8 cm³/mol. The number of imidazole rings is 1. The maximum absolute atomic E-state index is 4.60. The lowest BCUT2D eigenvalue weighted by Crippen LogP contribution is -2.10. The Balaban J connectivity index is 1.78. The standard InChI is InChI=1S/C13H18N4/c1-17-11-3-2-7-15-13(11)16-12(17)5-4-10-6-8-14-9-10/h2-3,7,10,14H,4-6,8-9H2,1H3. The van der Waals surface area contributed by atoms with Crippen molar-refractivity contribution < 1.29 is 0 Å². The van der Waals surface area contributed by atoms with E-state index in [0.717, 1.165) is 29.3 Å². The van der Waals surface area contributed by atoms with Gasteiger partial charge in [0.15, 0.2) is 5.65 Å². The molecule has 0 bridgehead atoms. The molecule has 17 heavy (non-hydrogen) atoms. The van der Waals surface area contributed by atoms with Crippen LogP contribution in [0.25, 0.3) is 11.2 Å². The van der Waals surface area contributed by atoms with Gasteiger partial charge in [-0.3, -0.25) is 0 Å². The zero-order valence-electron chi connectivity index (χ0n) is 10.2. The van der Waals surface area contributed by atoms with Gasteiger partial charge in [-0.15, -0.1) is 0 Å². The largest absolute Gasteiger partial charge is 0.330 e. The predicted octanol–water partition coefficient (Wildman–Crippen LogP) is 1.51. The number of nitrogens with zero attached hydrogens (tertiary/aromatic N) is 3. The maximum atomic E-state index is 4.60.